The summed E-state index contributed by atoms with van der Waals surface area (Å²) in [5.74, 6) is 0.638. The molecular formula is C21H18N2O. The summed E-state index contributed by atoms with van der Waals surface area (Å²) in [6.07, 6.45) is 0.810. The lowest BCUT2D eigenvalue weighted by molar-refractivity contribution is 0.319. The largest absolute Gasteiger partial charge is 0.474 e. The maximum atomic E-state index is 5.80. The molecule has 0 radical (unpaired) electrons. The van der Waals surface area contributed by atoms with Gasteiger partial charge in [-0.3, -0.25) is 0 Å². The standard InChI is InChI=1S/C21H18N2O/c1-3-8-16(9-4-1)14-18-12-7-13-19(22-18)21-23-20(15-24-21)17-10-5-2-6-11-17/h1-13,20H,14-15H2. The first-order chi connectivity index (χ1) is 11.9. The van der Waals surface area contributed by atoms with Crippen LogP contribution < -0.4 is 0 Å². The van der Waals surface area contributed by atoms with Crippen LogP contribution in [0.5, 0.6) is 0 Å². The molecule has 3 nitrogen and oxygen atoms in total. The molecule has 118 valence electrons. The van der Waals surface area contributed by atoms with Gasteiger partial charge in [-0.25, -0.2) is 9.98 Å². The first-order valence-corrected chi connectivity index (χ1v) is 8.14. The van der Waals surface area contributed by atoms with E-state index >= 15 is 0 Å². The predicted molar refractivity (Wildman–Crippen MR) is 95.2 cm³/mol. The lowest BCUT2D eigenvalue weighted by Crippen LogP contribution is -2.06. The first kappa shape index (κ1) is 14.6. The third-order valence-electron chi connectivity index (χ3n) is 4.09. The van der Waals surface area contributed by atoms with E-state index in [1.54, 1.807) is 0 Å². The van der Waals surface area contributed by atoms with Crippen LogP contribution >= 0.6 is 0 Å². The molecule has 1 aliphatic rings. The molecule has 3 aromatic rings. The Morgan fingerprint density at radius 1 is 0.833 bits per heavy atom. The summed E-state index contributed by atoms with van der Waals surface area (Å²) >= 11 is 0. The molecule has 4 rings (SSSR count). The zero-order chi connectivity index (χ0) is 16.2. The number of ether oxygens (including phenoxy) is 1. The van der Waals surface area contributed by atoms with E-state index in [9.17, 15) is 0 Å². The van der Waals surface area contributed by atoms with Crippen LogP contribution in [0.3, 0.4) is 0 Å². The van der Waals surface area contributed by atoms with Crippen LogP contribution in [-0.2, 0) is 11.2 Å². The molecule has 1 aromatic heterocycles. The van der Waals surface area contributed by atoms with Crippen LogP contribution in [0.4, 0.5) is 0 Å². The number of aromatic nitrogens is 1. The Labute approximate surface area is 141 Å². The fourth-order valence-electron chi connectivity index (χ4n) is 2.86. The number of rotatable bonds is 4. The SMILES string of the molecule is c1ccc(Cc2cccc(C3=NC(c4ccccc4)CO3)n2)cc1. The van der Waals surface area contributed by atoms with Crippen LogP contribution in [0.2, 0.25) is 0 Å². The fourth-order valence-corrected chi connectivity index (χ4v) is 2.86. The Hall–Kier alpha value is -2.94. The average molecular weight is 314 g/mol. The summed E-state index contributed by atoms with van der Waals surface area (Å²) in [6.45, 7) is 0.573. The molecule has 1 aliphatic heterocycles. The van der Waals surface area contributed by atoms with Gasteiger partial charge in [0.25, 0.3) is 0 Å². The number of hydrogen-bond acceptors (Lipinski definition) is 3. The highest BCUT2D eigenvalue weighted by molar-refractivity contribution is 5.93. The van der Waals surface area contributed by atoms with E-state index < -0.39 is 0 Å². The zero-order valence-corrected chi connectivity index (χ0v) is 13.3. The van der Waals surface area contributed by atoms with Crippen molar-refractivity contribution in [3.63, 3.8) is 0 Å². The van der Waals surface area contributed by atoms with Gasteiger partial charge in [-0.15, -0.1) is 0 Å². The van der Waals surface area contributed by atoms with E-state index in [2.05, 4.69) is 24.3 Å². The molecule has 0 N–H and O–H groups in total. The Balaban J connectivity index is 1.56. The van der Waals surface area contributed by atoms with Gasteiger partial charge in [-0.05, 0) is 23.3 Å². The second-order valence-corrected chi connectivity index (χ2v) is 5.85. The van der Waals surface area contributed by atoms with Crippen LogP contribution in [0.15, 0.2) is 83.9 Å². The Bertz CT molecular complexity index is 844. The molecule has 1 atom stereocenters. The van der Waals surface area contributed by atoms with Gasteiger partial charge in [0.15, 0.2) is 0 Å². The second-order valence-electron chi connectivity index (χ2n) is 5.85. The minimum absolute atomic E-state index is 0.0563. The monoisotopic (exact) mass is 314 g/mol. The van der Waals surface area contributed by atoms with Crippen molar-refractivity contribution in [1.29, 1.82) is 0 Å². The summed E-state index contributed by atoms with van der Waals surface area (Å²) in [7, 11) is 0. The van der Waals surface area contributed by atoms with Crippen LogP contribution in [0.1, 0.15) is 28.6 Å². The number of pyridine rings is 1. The predicted octanol–water partition coefficient (Wildman–Crippen LogP) is 4.19. The summed E-state index contributed by atoms with van der Waals surface area (Å²) in [5, 5.41) is 0. The van der Waals surface area contributed by atoms with Gasteiger partial charge >= 0.3 is 0 Å². The van der Waals surface area contributed by atoms with Crippen molar-refractivity contribution in [1.82, 2.24) is 4.98 Å². The summed E-state index contributed by atoms with van der Waals surface area (Å²) < 4.78 is 5.80. The molecule has 0 saturated carbocycles. The van der Waals surface area contributed by atoms with Gasteiger partial charge in [0.1, 0.15) is 18.3 Å². The van der Waals surface area contributed by atoms with Gasteiger partial charge in [-0.2, -0.15) is 0 Å². The van der Waals surface area contributed by atoms with Gasteiger partial charge in [0.05, 0.1) is 0 Å². The van der Waals surface area contributed by atoms with Crippen molar-refractivity contribution < 1.29 is 4.74 Å². The van der Waals surface area contributed by atoms with E-state index in [4.69, 9.17) is 14.7 Å². The number of benzene rings is 2. The van der Waals surface area contributed by atoms with Gasteiger partial charge < -0.3 is 4.74 Å². The van der Waals surface area contributed by atoms with Gasteiger partial charge in [-0.1, -0.05) is 66.7 Å². The lowest BCUT2D eigenvalue weighted by atomic mass is 10.1. The third kappa shape index (κ3) is 3.20. The fraction of sp³-hybridized carbons (Fsp3) is 0.143. The maximum Gasteiger partial charge on any atom is 0.236 e. The highest BCUT2D eigenvalue weighted by Crippen LogP contribution is 2.24. The minimum Gasteiger partial charge on any atom is -0.474 e. The minimum atomic E-state index is 0.0563. The molecule has 0 saturated heterocycles. The molecule has 0 aliphatic carbocycles. The third-order valence-corrected chi connectivity index (χ3v) is 4.09. The van der Waals surface area contributed by atoms with Crippen molar-refractivity contribution >= 4 is 5.90 Å². The summed E-state index contributed by atoms with van der Waals surface area (Å²) in [6, 6.07) is 26.7. The highest BCUT2D eigenvalue weighted by Gasteiger charge is 2.22. The van der Waals surface area contributed by atoms with E-state index in [0.29, 0.717) is 12.5 Å². The molecule has 0 fully saturated rings. The molecule has 24 heavy (non-hydrogen) atoms. The van der Waals surface area contributed by atoms with Crippen LogP contribution in [0, 0.1) is 0 Å². The smallest absolute Gasteiger partial charge is 0.236 e. The topological polar surface area (TPSA) is 34.5 Å². The second kappa shape index (κ2) is 6.67. The Kier molecular flexibility index (Phi) is 4.07. The quantitative estimate of drug-likeness (QED) is 0.723. The van der Waals surface area contributed by atoms with Crippen LogP contribution in [0.25, 0.3) is 0 Å². The van der Waals surface area contributed by atoms with E-state index in [1.165, 1.54) is 11.1 Å². The van der Waals surface area contributed by atoms with Crippen molar-refractivity contribution in [3.05, 3.63) is 101 Å². The Morgan fingerprint density at radius 3 is 2.38 bits per heavy atom. The van der Waals surface area contributed by atoms with Crippen molar-refractivity contribution in [3.8, 4) is 0 Å². The first-order valence-electron chi connectivity index (χ1n) is 8.14. The Morgan fingerprint density at radius 2 is 1.58 bits per heavy atom. The van der Waals surface area contributed by atoms with E-state index in [1.807, 2.05) is 54.6 Å². The normalized spacial score (nSPS) is 16.5. The maximum absolute atomic E-state index is 5.80. The van der Waals surface area contributed by atoms with Gasteiger partial charge in [0, 0.05) is 12.1 Å². The van der Waals surface area contributed by atoms with Gasteiger partial charge in [0.2, 0.25) is 5.90 Å². The molecule has 0 bridgehead atoms. The van der Waals surface area contributed by atoms with Crippen molar-refractivity contribution in [2.45, 2.75) is 12.5 Å². The molecule has 2 heterocycles. The number of aliphatic imine (C=N–C) groups is 1. The number of nitrogens with zero attached hydrogens (tertiary/aromatic N) is 2. The van der Waals surface area contributed by atoms with E-state index in [0.717, 1.165) is 17.8 Å². The molecule has 3 heteroatoms. The van der Waals surface area contributed by atoms with Crippen molar-refractivity contribution in [2.24, 2.45) is 4.99 Å². The molecule has 1 unspecified atom stereocenters. The van der Waals surface area contributed by atoms with Crippen LogP contribution in [-0.4, -0.2) is 17.5 Å². The molecule has 0 amide bonds. The molecule has 0 spiro atoms. The molecular weight excluding hydrogens is 296 g/mol. The van der Waals surface area contributed by atoms with Crippen molar-refractivity contribution in [2.75, 3.05) is 6.61 Å². The molecule has 2 aromatic carbocycles. The highest BCUT2D eigenvalue weighted by atomic mass is 16.5. The number of hydrogen-bond donors (Lipinski definition) is 0. The summed E-state index contributed by atoms with van der Waals surface area (Å²) in [5.41, 5.74) is 4.25. The summed E-state index contributed by atoms with van der Waals surface area (Å²) in [4.78, 5) is 9.43. The average Bonchev–Trinajstić information content (AvgIpc) is 3.14. The lowest BCUT2D eigenvalue weighted by Gasteiger charge is -2.04. The zero-order valence-electron chi connectivity index (χ0n) is 13.3. The van der Waals surface area contributed by atoms with E-state index in [-0.39, 0.29) is 6.04 Å².